The molecule has 0 bridgehead atoms. The van der Waals surface area contributed by atoms with E-state index in [-0.39, 0.29) is 11.7 Å². The van der Waals surface area contributed by atoms with Gasteiger partial charge in [0.2, 0.25) is 17.4 Å². The summed E-state index contributed by atoms with van der Waals surface area (Å²) in [5.74, 6) is -0.457. The average molecular weight is 281 g/mol. The van der Waals surface area contributed by atoms with Crippen molar-refractivity contribution in [3.05, 3.63) is 65.7 Å². The van der Waals surface area contributed by atoms with Gasteiger partial charge in [-0.1, -0.05) is 42.5 Å². The van der Waals surface area contributed by atoms with Crippen LogP contribution in [0.15, 0.2) is 54.6 Å². The molecule has 1 unspecified atom stereocenters. The second-order valence-electron chi connectivity index (χ2n) is 4.91. The minimum atomic E-state index is -1.42. The van der Waals surface area contributed by atoms with Crippen LogP contribution in [0.5, 0.6) is 0 Å². The van der Waals surface area contributed by atoms with Crippen LogP contribution in [0.3, 0.4) is 0 Å². The molecule has 2 aromatic rings. The number of ether oxygens (including phenoxy) is 1. The molecule has 1 aliphatic rings. The van der Waals surface area contributed by atoms with E-state index in [1.807, 2.05) is 18.2 Å². The molecular formula is C17H15NO3. The average Bonchev–Trinajstić information content (AvgIpc) is 2.78. The first-order valence-corrected chi connectivity index (χ1v) is 6.68. The Kier molecular flexibility index (Phi) is 3.11. The van der Waals surface area contributed by atoms with E-state index in [4.69, 9.17) is 4.74 Å². The highest BCUT2D eigenvalue weighted by Crippen LogP contribution is 2.45. The quantitative estimate of drug-likeness (QED) is 0.850. The highest BCUT2D eigenvalue weighted by atomic mass is 16.5. The zero-order valence-corrected chi connectivity index (χ0v) is 11.9. The van der Waals surface area contributed by atoms with Crippen molar-refractivity contribution in [2.75, 3.05) is 12.0 Å². The van der Waals surface area contributed by atoms with Gasteiger partial charge < -0.3 is 4.74 Å². The van der Waals surface area contributed by atoms with Crippen molar-refractivity contribution in [2.45, 2.75) is 12.6 Å². The summed E-state index contributed by atoms with van der Waals surface area (Å²) in [5.41, 5.74) is 0.305. The minimum Gasteiger partial charge on any atom is -0.348 e. The van der Waals surface area contributed by atoms with Crippen LogP contribution in [0.1, 0.15) is 22.8 Å². The predicted molar refractivity (Wildman–Crippen MR) is 79.1 cm³/mol. The third-order valence-electron chi connectivity index (χ3n) is 3.79. The second kappa shape index (κ2) is 4.82. The molecule has 0 radical (unpaired) electrons. The summed E-state index contributed by atoms with van der Waals surface area (Å²) >= 11 is 0. The minimum absolute atomic E-state index is 0.220. The van der Waals surface area contributed by atoms with E-state index in [2.05, 4.69) is 0 Å². The molecule has 0 saturated carbocycles. The van der Waals surface area contributed by atoms with Crippen LogP contribution in [0.25, 0.3) is 0 Å². The Bertz CT molecular complexity index is 711. The maximum absolute atomic E-state index is 12.9. The van der Waals surface area contributed by atoms with Gasteiger partial charge in [0.15, 0.2) is 0 Å². The Morgan fingerprint density at radius 2 is 1.67 bits per heavy atom. The molecule has 1 amide bonds. The molecule has 1 aliphatic heterocycles. The fraction of sp³-hybridized carbons (Fsp3) is 0.176. The SMILES string of the molecule is COC1(c2ccccc2)C(=O)c2ccccc2N1C(C)=O. The molecule has 4 heteroatoms. The van der Waals surface area contributed by atoms with E-state index in [0.29, 0.717) is 16.8 Å². The van der Waals surface area contributed by atoms with Gasteiger partial charge in [0.05, 0.1) is 5.69 Å². The summed E-state index contributed by atoms with van der Waals surface area (Å²) < 4.78 is 5.61. The lowest BCUT2D eigenvalue weighted by Crippen LogP contribution is -2.51. The van der Waals surface area contributed by atoms with Gasteiger partial charge in [-0.15, -0.1) is 0 Å². The lowest BCUT2D eigenvalue weighted by Gasteiger charge is -2.35. The van der Waals surface area contributed by atoms with Gasteiger partial charge in [0, 0.05) is 25.2 Å². The summed E-state index contributed by atoms with van der Waals surface area (Å²) in [4.78, 5) is 26.6. The number of carbonyl (C=O) groups is 2. The number of amides is 1. The Labute approximate surface area is 123 Å². The molecule has 1 heterocycles. The number of benzene rings is 2. The van der Waals surface area contributed by atoms with Crippen LogP contribution in [-0.2, 0) is 15.3 Å². The smallest absolute Gasteiger partial charge is 0.238 e. The van der Waals surface area contributed by atoms with Crippen LogP contribution in [0, 0.1) is 0 Å². The number of carbonyl (C=O) groups excluding carboxylic acids is 2. The summed E-state index contributed by atoms with van der Waals surface area (Å²) in [6.07, 6.45) is 0. The number of rotatable bonds is 2. The van der Waals surface area contributed by atoms with Crippen molar-refractivity contribution in [3.8, 4) is 0 Å². The molecule has 0 saturated heterocycles. The molecule has 106 valence electrons. The van der Waals surface area contributed by atoms with Crippen LogP contribution in [-0.4, -0.2) is 18.8 Å². The van der Waals surface area contributed by atoms with Crippen molar-refractivity contribution < 1.29 is 14.3 Å². The van der Waals surface area contributed by atoms with Gasteiger partial charge in [-0.3, -0.25) is 14.5 Å². The Morgan fingerprint density at radius 3 is 2.29 bits per heavy atom. The van der Waals surface area contributed by atoms with E-state index < -0.39 is 5.72 Å². The first kappa shape index (κ1) is 13.5. The molecule has 0 spiro atoms. The largest absolute Gasteiger partial charge is 0.348 e. The third kappa shape index (κ3) is 1.73. The van der Waals surface area contributed by atoms with Gasteiger partial charge in [-0.2, -0.15) is 0 Å². The molecule has 0 aromatic heterocycles. The zero-order chi connectivity index (χ0) is 15.0. The normalized spacial score (nSPS) is 20.5. The van der Waals surface area contributed by atoms with Crippen LogP contribution >= 0.6 is 0 Å². The van der Waals surface area contributed by atoms with E-state index in [1.54, 1.807) is 36.4 Å². The van der Waals surface area contributed by atoms with Crippen LogP contribution in [0.2, 0.25) is 0 Å². The van der Waals surface area contributed by atoms with Crippen LogP contribution < -0.4 is 4.90 Å². The molecule has 21 heavy (non-hydrogen) atoms. The van der Waals surface area contributed by atoms with Crippen molar-refractivity contribution in [3.63, 3.8) is 0 Å². The lowest BCUT2D eigenvalue weighted by atomic mass is 9.96. The maximum Gasteiger partial charge on any atom is 0.238 e. The predicted octanol–water partition coefficient (Wildman–Crippen LogP) is 2.74. The summed E-state index contributed by atoms with van der Waals surface area (Å²) in [6, 6.07) is 16.2. The van der Waals surface area contributed by atoms with Crippen molar-refractivity contribution in [1.82, 2.24) is 0 Å². The molecule has 0 aliphatic carbocycles. The van der Waals surface area contributed by atoms with Crippen molar-refractivity contribution in [1.29, 1.82) is 0 Å². The molecule has 1 atom stereocenters. The number of methoxy groups -OCH3 is 1. The zero-order valence-electron chi connectivity index (χ0n) is 11.9. The summed E-state index contributed by atoms with van der Waals surface area (Å²) in [7, 11) is 1.45. The molecular weight excluding hydrogens is 266 g/mol. The molecule has 0 N–H and O–H groups in total. The second-order valence-corrected chi connectivity index (χ2v) is 4.91. The number of nitrogens with zero attached hydrogens (tertiary/aromatic N) is 1. The Balaban J connectivity index is 2.30. The maximum atomic E-state index is 12.9. The standard InChI is InChI=1S/C17H15NO3/c1-12(19)18-15-11-7-6-10-14(15)16(20)17(18,21-2)13-8-4-3-5-9-13/h3-11H,1-2H3. The van der Waals surface area contributed by atoms with Gasteiger partial charge >= 0.3 is 0 Å². The summed E-state index contributed by atoms with van der Waals surface area (Å²) in [6.45, 7) is 1.44. The van der Waals surface area contributed by atoms with Gasteiger partial charge in [0.25, 0.3) is 0 Å². The van der Waals surface area contributed by atoms with Crippen molar-refractivity contribution >= 4 is 17.4 Å². The number of ketones is 1. The third-order valence-corrected chi connectivity index (χ3v) is 3.79. The highest BCUT2D eigenvalue weighted by Gasteiger charge is 2.55. The highest BCUT2D eigenvalue weighted by molar-refractivity contribution is 6.19. The first-order chi connectivity index (χ1) is 10.1. The van der Waals surface area contributed by atoms with E-state index in [0.717, 1.165) is 0 Å². The number of anilines is 1. The van der Waals surface area contributed by atoms with Gasteiger partial charge in [-0.25, -0.2) is 0 Å². The molecule has 3 rings (SSSR count). The van der Waals surface area contributed by atoms with Gasteiger partial charge in [0.1, 0.15) is 0 Å². The number of hydrogen-bond donors (Lipinski definition) is 0. The number of Topliss-reactive ketones (excluding diaryl/α,β-unsaturated/α-hetero) is 1. The number of fused-ring (bicyclic) bond motifs is 1. The molecule has 2 aromatic carbocycles. The Morgan fingerprint density at radius 1 is 1.05 bits per heavy atom. The first-order valence-electron chi connectivity index (χ1n) is 6.68. The lowest BCUT2D eigenvalue weighted by molar-refractivity contribution is -0.121. The Hall–Kier alpha value is -2.46. The number of para-hydroxylation sites is 1. The topological polar surface area (TPSA) is 46.6 Å². The fourth-order valence-corrected chi connectivity index (χ4v) is 2.93. The monoisotopic (exact) mass is 281 g/mol. The summed E-state index contributed by atoms with van der Waals surface area (Å²) in [5, 5.41) is 0. The van der Waals surface area contributed by atoms with E-state index >= 15 is 0 Å². The van der Waals surface area contributed by atoms with Crippen molar-refractivity contribution in [2.24, 2.45) is 0 Å². The van der Waals surface area contributed by atoms with E-state index in [9.17, 15) is 9.59 Å². The fourth-order valence-electron chi connectivity index (χ4n) is 2.93. The van der Waals surface area contributed by atoms with Crippen LogP contribution in [0.4, 0.5) is 5.69 Å². The molecule has 4 nitrogen and oxygen atoms in total. The van der Waals surface area contributed by atoms with Gasteiger partial charge in [-0.05, 0) is 12.1 Å². The number of hydrogen-bond acceptors (Lipinski definition) is 3. The van der Waals surface area contributed by atoms with E-state index in [1.165, 1.54) is 18.9 Å². The molecule has 0 fully saturated rings.